The van der Waals surface area contributed by atoms with E-state index in [9.17, 15) is 9.59 Å². The zero-order chi connectivity index (χ0) is 16.4. The first-order valence-electron chi connectivity index (χ1n) is 7.92. The van der Waals surface area contributed by atoms with Crippen molar-refractivity contribution in [3.8, 4) is 0 Å². The van der Waals surface area contributed by atoms with Gasteiger partial charge in [-0.25, -0.2) is 10.2 Å². The standard InChI is InChI=1S/C17H21N3O3/c1-11-10-14(21)19-20-15(11)12-4-6-13(7-5-12)18-16(22)23-17(2)8-3-9-17/h4-7,11H,3,8-10H2,1-2H3,(H,18,22)(H,19,21). The molecule has 1 heterocycles. The van der Waals surface area contributed by atoms with Crippen molar-refractivity contribution in [1.29, 1.82) is 0 Å². The number of anilines is 1. The van der Waals surface area contributed by atoms with Gasteiger partial charge in [-0.1, -0.05) is 19.1 Å². The molecule has 0 radical (unpaired) electrons. The van der Waals surface area contributed by atoms with Crippen LogP contribution in [0.25, 0.3) is 0 Å². The maximum Gasteiger partial charge on any atom is 0.412 e. The molecule has 1 unspecified atom stereocenters. The van der Waals surface area contributed by atoms with Crippen LogP contribution < -0.4 is 10.7 Å². The van der Waals surface area contributed by atoms with E-state index in [1.165, 1.54) is 0 Å². The van der Waals surface area contributed by atoms with Crippen LogP contribution >= 0.6 is 0 Å². The van der Waals surface area contributed by atoms with Gasteiger partial charge in [0.1, 0.15) is 5.60 Å². The van der Waals surface area contributed by atoms with Gasteiger partial charge in [-0.15, -0.1) is 0 Å². The Kier molecular flexibility index (Phi) is 4.07. The van der Waals surface area contributed by atoms with Crippen molar-refractivity contribution in [3.05, 3.63) is 29.8 Å². The molecule has 1 saturated carbocycles. The maximum absolute atomic E-state index is 11.9. The summed E-state index contributed by atoms with van der Waals surface area (Å²) in [5.74, 6) is 0.0119. The summed E-state index contributed by atoms with van der Waals surface area (Å²) in [6, 6.07) is 7.39. The van der Waals surface area contributed by atoms with E-state index < -0.39 is 6.09 Å². The highest BCUT2D eigenvalue weighted by atomic mass is 16.6. The van der Waals surface area contributed by atoms with E-state index in [-0.39, 0.29) is 17.4 Å². The molecule has 1 atom stereocenters. The van der Waals surface area contributed by atoms with E-state index >= 15 is 0 Å². The first-order valence-corrected chi connectivity index (χ1v) is 7.92. The van der Waals surface area contributed by atoms with Crippen molar-refractivity contribution >= 4 is 23.4 Å². The van der Waals surface area contributed by atoms with Gasteiger partial charge in [0.05, 0.1) is 5.71 Å². The highest BCUT2D eigenvalue weighted by molar-refractivity contribution is 6.06. The summed E-state index contributed by atoms with van der Waals surface area (Å²) in [5, 5.41) is 6.87. The van der Waals surface area contributed by atoms with Gasteiger partial charge in [0.2, 0.25) is 5.91 Å². The Morgan fingerprint density at radius 2 is 2.04 bits per heavy atom. The van der Waals surface area contributed by atoms with Crippen molar-refractivity contribution in [2.24, 2.45) is 11.0 Å². The molecule has 1 aromatic rings. The lowest BCUT2D eigenvalue weighted by molar-refractivity contribution is -0.121. The highest BCUT2D eigenvalue weighted by Crippen LogP contribution is 2.35. The second kappa shape index (κ2) is 6.02. The zero-order valence-electron chi connectivity index (χ0n) is 13.4. The topological polar surface area (TPSA) is 79.8 Å². The quantitative estimate of drug-likeness (QED) is 0.899. The third kappa shape index (κ3) is 3.52. The predicted molar refractivity (Wildman–Crippen MR) is 87.3 cm³/mol. The number of carbonyl (C=O) groups is 2. The van der Waals surface area contributed by atoms with Gasteiger partial charge in [0.15, 0.2) is 0 Å². The molecule has 1 aliphatic heterocycles. The van der Waals surface area contributed by atoms with Gasteiger partial charge in [0, 0.05) is 18.0 Å². The molecule has 1 fully saturated rings. The molecular formula is C17H21N3O3. The average Bonchev–Trinajstić information content (AvgIpc) is 2.47. The average molecular weight is 315 g/mol. The van der Waals surface area contributed by atoms with Crippen LogP contribution in [0.2, 0.25) is 0 Å². The Hall–Kier alpha value is -2.37. The zero-order valence-corrected chi connectivity index (χ0v) is 13.4. The monoisotopic (exact) mass is 315 g/mol. The Bertz CT molecular complexity index is 648. The lowest BCUT2D eigenvalue weighted by Gasteiger charge is -2.37. The van der Waals surface area contributed by atoms with E-state index in [1.54, 1.807) is 0 Å². The number of ether oxygens (including phenoxy) is 1. The minimum atomic E-state index is -0.421. The normalized spacial score (nSPS) is 22.4. The van der Waals surface area contributed by atoms with Crippen molar-refractivity contribution in [1.82, 2.24) is 5.43 Å². The minimum absolute atomic E-state index is 0.0632. The van der Waals surface area contributed by atoms with Crippen LogP contribution in [-0.2, 0) is 9.53 Å². The Labute approximate surface area is 135 Å². The summed E-state index contributed by atoms with van der Waals surface area (Å²) in [7, 11) is 0. The fraction of sp³-hybridized carbons (Fsp3) is 0.471. The number of benzene rings is 1. The van der Waals surface area contributed by atoms with Gasteiger partial charge in [-0.05, 0) is 43.9 Å². The van der Waals surface area contributed by atoms with Crippen LogP contribution in [0.3, 0.4) is 0 Å². The number of hydrogen-bond donors (Lipinski definition) is 2. The number of amides is 2. The van der Waals surface area contributed by atoms with E-state index in [1.807, 2.05) is 38.1 Å². The fourth-order valence-electron chi connectivity index (χ4n) is 2.87. The predicted octanol–water partition coefficient (Wildman–Crippen LogP) is 3.04. The van der Waals surface area contributed by atoms with Crippen LogP contribution in [0, 0.1) is 5.92 Å². The van der Waals surface area contributed by atoms with Crippen molar-refractivity contribution in [2.45, 2.75) is 45.1 Å². The summed E-state index contributed by atoms with van der Waals surface area (Å²) >= 11 is 0. The van der Waals surface area contributed by atoms with Crippen LogP contribution in [0.1, 0.15) is 45.1 Å². The lowest BCUT2D eigenvalue weighted by atomic mass is 9.82. The molecule has 2 N–H and O–H groups in total. The van der Waals surface area contributed by atoms with E-state index in [2.05, 4.69) is 15.8 Å². The second-order valence-corrected chi connectivity index (χ2v) is 6.53. The van der Waals surface area contributed by atoms with E-state index in [4.69, 9.17) is 4.74 Å². The van der Waals surface area contributed by atoms with Crippen LogP contribution in [0.4, 0.5) is 10.5 Å². The van der Waals surface area contributed by atoms with Crippen LogP contribution in [-0.4, -0.2) is 23.3 Å². The molecule has 6 nitrogen and oxygen atoms in total. The molecule has 6 heteroatoms. The summed E-state index contributed by atoms with van der Waals surface area (Å²) in [5.41, 5.74) is 4.65. The molecule has 2 amide bonds. The van der Waals surface area contributed by atoms with Crippen LogP contribution in [0.5, 0.6) is 0 Å². The van der Waals surface area contributed by atoms with Crippen molar-refractivity contribution in [3.63, 3.8) is 0 Å². The molecule has 1 aliphatic carbocycles. The molecule has 122 valence electrons. The number of carbonyl (C=O) groups excluding carboxylic acids is 2. The van der Waals surface area contributed by atoms with Crippen molar-refractivity contribution in [2.75, 3.05) is 5.32 Å². The first-order chi connectivity index (χ1) is 11.0. The number of hydrazone groups is 1. The Morgan fingerprint density at radius 1 is 1.35 bits per heavy atom. The number of hydrogen-bond acceptors (Lipinski definition) is 4. The highest BCUT2D eigenvalue weighted by Gasteiger charge is 2.35. The summed E-state index contributed by atoms with van der Waals surface area (Å²) in [6.07, 6.45) is 2.96. The largest absolute Gasteiger partial charge is 0.443 e. The number of nitrogens with one attached hydrogen (secondary N) is 2. The third-order valence-corrected chi connectivity index (χ3v) is 4.44. The second-order valence-electron chi connectivity index (χ2n) is 6.53. The minimum Gasteiger partial charge on any atom is -0.443 e. The Morgan fingerprint density at radius 3 is 2.61 bits per heavy atom. The van der Waals surface area contributed by atoms with Crippen molar-refractivity contribution < 1.29 is 14.3 Å². The smallest absolute Gasteiger partial charge is 0.412 e. The van der Waals surface area contributed by atoms with Gasteiger partial charge in [0.25, 0.3) is 0 Å². The molecule has 0 bridgehead atoms. The number of nitrogens with zero attached hydrogens (tertiary/aromatic N) is 1. The van der Waals surface area contributed by atoms with Gasteiger partial charge in [-0.3, -0.25) is 10.1 Å². The molecule has 3 rings (SSSR count). The Balaban J connectivity index is 1.63. The molecule has 0 aromatic heterocycles. The van der Waals surface area contributed by atoms with Gasteiger partial charge in [-0.2, -0.15) is 5.10 Å². The molecule has 0 spiro atoms. The fourth-order valence-corrected chi connectivity index (χ4v) is 2.87. The number of rotatable bonds is 3. The molecular weight excluding hydrogens is 294 g/mol. The summed E-state index contributed by atoms with van der Waals surface area (Å²) in [6.45, 7) is 3.93. The van der Waals surface area contributed by atoms with Gasteiger partial charge >= 0.3 is 6.09 Å². The van der Waals surface area contributed by atoms with E-state index in [0.29, 0.717) is 12.1 Å². The maximum atomic E-state index is 11.9. The lowest BCUT2D eigenvalue weighted by Crippen LogP contribution is -2.39. The molecule has 0 saturated heterocycles. The first kappa shape index (κ1) is 15.5. The van der Waals surface area contributed by atoms with Gasteiger partial charge < -0.3 is 4.74 Å². The summed E-state index contributed by atoms with van der Waals surface area (Å²) in [4.78, 5) is 23.2. The summed E-state index contributed by atoms with van der Waals surface area (Å²) < 4.78 is 5.43. The van der Waals surface area contributed by atoms with Crippen LogP contribution in [0.15, 0.2) is 29.4 Å². The van der Waals surface area contributed by atoms with E-state index in [0.717, 1.165) is 30.5 Å². The molecule has 1 aromatic carbocycles. The molecule has 2 aliphatic rings. The third-order valence-electron chi connectivity index (χ3n) is 4.44. The molecule has 23 heavy (non-hydrogen) atoms. The SMILES string of the molecule is CC1CC(=O)NN=C1c1ccc(NC(=O)OC2(C)CCC2)cc1.